The second kappa shape index (κ2) is 5.35. The minimum atomic E-state index is -0.920. The standard InChI is InChI=1S/C15H27NO4/c1-8(2)11(17)14(3,4)7-16-12(18)9-10(13(19)20)15(9,5)6/h8-11,17H,7H2,1-6H3,(H,16,18)(H,19,20)/t9-,10+,11?/m0/s1. The summed E-state index contributed by atoms with van der Waals surface area (Å²) < 4.78 is 0. The molecule has 1 amide bonds. The van der Waals surface area contributed by atoms with Gasteiger partial charge >= 0.3 is 5.97 Å². The number of aliphatic hydroxyl groups is 1. The van der Waals surface area contributed by atoms with E-state index >= 15 is 0 Å². The number of carbonyl (C=O) groups excluding carboxylic acids is 1. The van der Waals surface area contributed by atoms with Crippen LogP contribution in [0.2, 0.25) is 0 Å². The SMILES string of the molecule is CC(C)C(O)C(C)(C)CNC(=O)[C@@H]1[C@H](C(=O)O)C1(C)C. The minimum Gasteiger partial charge on any atom is -0.481 e. The van der Waals surface area contributed by atoms with E-state index in [0.29, 0.717) is 6.54 Å². The molecule has 0 aromatic heterocycles. The van der Waals surface area contributed by atoms with Crippen molar-refractivity contribution < 1.29 is 19.8 Å². The first-order chi connectivity index (χ1) is 8.93. The molecule has 1 rings (SSSR count). The number of carbonyl (C=O) groups is 2. The fourth-order valence-electron chi connectivity index (χ4n) is 3.02. The smallest absolute Gasteiger partial charge is 0.307 e. The first kappa shape index (κ1) is 17.0. The van der Waals surface area contributed by atoms with E-state index in [0.717, 1.165) is 0 Å². The Labute approximate surface area is 120 Å². The summed E-state index contributed by atoms with van der Waals surface area (Å²) in [6.07, 6.45) is -0.523. The summed E-state index contributed by atoms with van der Waals surface area (Å²) >= 11 is 0. The number of aliphatic carboxylic acids is 1. The highest BCUT2D eigenvalue weighted by molar-refractivity contribution is 5.91. The van der Waals surface area contributed by atoms with E-state index in [9.17, 15) is 14.7 Å². The van der Waals surface area contributed by atoms with Crippen LogP contribution in [0, 0.1) is 28.6 Å². The number of aliphatic hydroxyl groups excluding tert-OH is 1. The average Bonchev–Trinajstić information content (AvgIpc) is 2.88. The van der Waals surface area contributed by atoms with Gasteiger partial charge in [0.2, 0.25) is 5.91 Å². The summed E-state index contributed by atoms with van der Waals surface area (Å²) in [5.74, 6) is -2.14. The van der Waals surface area contributed by atoms with Crippen LogP contribution in [-0.2, 0) is 9.59 Å². The third-order valence-electron chi connectivity index (χ3n) is 4.53. The lowest BCUT2D eigenvalue weighted by Crippen LogP contribution is -2.44. The van der Waals surface area contributed by atoms with Crippen molar-refractivity contribution in [3.8, 4) is 0 Å². The first-order valence-electron chi connectivity index (χ1n) is 7.11. The summed E-state index contributed by atoms with van der Waals surface area (Å²) in [5.41, 5.74) is -0.932. The van der Waals surface area contributed by atoms with Crippen LogP contribution >= 0.6 is 0 Å². The van der Waals surface area contributed by atoms with Crippen LogP contribution in [0.4, 0.5) is 0 Å². The maximum absolute atomic E-state index is 12.1. The fourth-order valence-corrected chi connectivity index (χ4v) is 3.02. The molecule has 0 saturated heterocycles. The minimum absolute atomic E-state index is 0.103. The lowest BCUT2D eigenvalue weighted by atomic mass is 9.80. The van der Waals surface area contributed by atoms with Crippen LogP contribution in [0.25, 0.3) is 0 Å². The van der Waals surface area contributed by atoms with Crippen LogP contribution in [0.3, 0.4) is 0 Å². The molecule has 5 heteroatoms. The van der Waals surface area contributed by atoms with Gasteiger partial charge in [0, 0.05) is 12.0 Å². The van der Waals surface area contributed by atoms with Gasteiger partial charge in [0.25, 0.3) is 0 Å². The number of carboxylic acids is 1. The molecule has 0 aromatic carbocycles. The topological polar surface area (TPSA) is 86.6 Å². The predicted molar refractivity (Wildman–Crippen MR) is 76.0 cm³/mol. The summed E-state index contributed by atoms with van der Waals surface area (Å²) in [5, 5.41) is 22.0. The van der Waals surface area contributed by atoms with Gasteiger partial charge in [0.1, 0.15) is 0 Å². The summed E-state index contributed by atoms with van der Waals surface area (Å²) in [4.78, 5) is 23.2. The maximum Gasteiger partial charge on any atom is 0.307 e. The molecule has 0 heterocycles. The molecule has 0 radical (unpaired) electrons. The predicted octanol–water partition coefficient (Wildman–Crippen LogP) is 1.50. The zero-order chi connectivity index (χ0) is 15.9. The van der Waals surface area contributed by atoms with Crippen molar-refractivity contribution >= 4 is 11.9 Å². The van der Waals surface area contributed by atoms with Crippen molar-refractivity contribution in [2.24, 2.45) is 28.6 Å². The van der Waals surface area contributed by atoms with Crippen LogP contribution in [0.15, 0.2) is 0 Å². The van der Waals surface area contributed by atoms with E-state index in [1.165, 1.54) is 0 Å². The number of rotatable bonds is 6. The van der Waals surface area contributed by atoms with Crippen molar-refractivity contribution in [3.05, 3.63) is 0 Å². The van der Waals surface area contributed by atoms with E-state index in [2.05, 4.69) is 5.32 Å². The monoisotopic (exact) mass is 285 g/mol. The lowest BCUT2D eigenvalue weighted by molar-refractivity contribution is -0.140. The molecule has 5 nitrogen and oxygen atoms in total. The molecule has 116 valence electrons. The number of amides is 1. The van der Waals surface area contributed by atoms with Crippen LogP contribution < -0.4 is 5.32 Å². The largest absolute Gasteiger partial charge is 0.481 e. The third-order valence-corrected chi connectivity index (χ3v) is 4.53. The second-order valence-electron chi connectivity index (χ2n) is 7.51. The van der Waals surface area contributed by atoms with Crippen LogP contribution in [-0.4, -0.2) is 34.7 Å². The zero-order valence-corrected chi connectivity index (χ0v) is 13.2. The van der Waals surface area contributed by atoms with Gasteiger partial charge in [-0.05, 0) is 11.3 Å². The van der Waals surface area contributed by atoms with E-state index in [-0.39, 0.29) is 11.8 Å². The molecule has 0 spiro atoms. The van der Waals surface area contributed by atoms with Gasteiger partial charge < -0.3 is 15.5 Å². The van der Waals surface area contributed by atoms with Gasteiger partial charge in [-0.25, -0.2) is 0 Å². The molecule has 20 heavy (non-hydrogen) atoms. The molecule has 1 aliphatic carbocycles. The normalized spacial score (nSPS) is 26.2. The molecule has 1 aliphatic rings. The Morgan fingerprint density at radius 1 is 1.25 bits per heavy atom. The van der Waals surface area contributed by atoms with Gasteiger partial charge in [-0.2, -0.15) is 0 Å². The molecule has 0 bridgehead atoms. The van der Waals surface area contributed by atoms with Gasteiger partial charge in [-0.1, -0.05) is 41.5 Å². The zero-order valence-electron chi connectivity index (χ0n) is 13.2. The van der Waals surface area contributed by atoms with Crippen molar-refractivity contribution in [1.29, 1.82) is 0 Å². The molecule has 1 unspecified atom stereocenters. The summed E-state index contributed by atoms with van der Waals surface area (Å²) in [6.45, 7) is 11.6. The molecule has 1 saturated carbocycles. The Bertz CT molecular complexity index is 401. The molecule has 3 N–H and O–H groups in total. The Morgan fingerprint density at radius 2 is 1.75 bits per heavy atom. The molecule has 3 atom stereocenters. The number of hydrogen-bond acceptors (Lipinski definition) is 3. The van der Waals surface area contributed by atoms with E-state index < -0.39 is 34.7 Å². The fraction of sp³-hybridized carbons (Fsp3) is 0.867. The van der Waals surface area contributed by atoms with Gasteiger partial charge in [-0.15, -0.1) is 0 Å². The molecular weight excluding hydrogens is 258 g/mol. The van der Waals surface area contributed by atoms with E-state index in [4.69, 9.17) is 5.11 Å². The quantitative estimate of drug-likeness (QED) is 0.690. The number of nitrogens with one attached hydrogen (secondary N) is 1. The van der Waals surface area contributed by atoms with Crippen molar-refractivity contribution in [2.75, 3.05) is 6.54 Å². The highest BCUT2D eigenvalue weighted by atomic mass is 16.4. The van der Waals surface area contributed by atoms with Crippen LogP contribution in [0.1, 0.15) is 41.5 Å². The Hall–Kier alpha value is -1.10. The lowest BCUT2D eigenvalue weighted by Gasteiger charge is -2.33. The summed E-state index contributed by atoms with van der Waals surface area (Å²) in [6, 6.07) is 0. The van der Waals surface area contributed by atoms with E-state index in [1.54, 1.807) is 13.8 Å². The van der Waals surface area contributed by atoms with Crippen molar-refractivity contribution in [1.82, 2.24) is 5.32 Å². The molecule has 0 aliphatic heterocycles. The maximum atomic E-state index is 12.1. The summed E-state index contributed by atoms with van der Waals surface area (Å²) in [7, 11) is 0. The Balaban J connectivity index is 2.59. The molecule has 1 fully saturated rings. The van der Waals surface area contributed by atoms with Crippen LogP contribution in [0.5, 0.6) is 0 Å². The van der Waals surface area contributed by atoms with E-state index in [1.807, 2.05) is 27.7 Å². The number of hydrogen-bond donors (Lipinski definition) is 3. The number of carboxylic acid groups (broad SMARTS) is 1. The highest BCUT2D eigenvalue weighted by Gasteiger charge is 2.65. The van der Waals surface area contributed by atoms with Crippen molar-refractivity contribution in [3.63, 3.8) is 0 Å². The average molecular weight is 285 g/mol. The second-order valence-corrected chi connectivity index (χ2v) is 7.51. The Morgan fingerprint density at radius 3 is 2.10 bits per heavy atom. The highest BCUT2D eigenvalue weighted by Crippen LogP contribution is 2.58. The molecule has 0 aromatic rings. The van der Waals surface area contributed by atoms with Gasteiger partial charge in [0.15, 0.2) is 0 Å². The Kier molecular flexibility index (Phi) is 4.54. The van der Waals surface area contributed by atoms with Crippen molar-refractivity contribution in [2.45, 2.75) is 47.6 Å². The molecular formula is C15H27NO4. The van der Waals surface area contributed by atoms with Gasteiger partial charge in [0.05, 0.1) is 17.9 Å². The first-order valence-corrected chi connectivity index (χ1v) is 7.11. The van der Waals surface area contributed by atoms with Gasteiger partial charge in [-0.3, -0.25) is 9.59 Å². The third kappa shape index (κ3) is 3.14.